The molecule has 1 aromatic heterocycles. The van der Waals surface area contributed by atoms with Gasteiger partial charge in [-0.2, -0.15) is 5.10 Å². The van der Waals surface area contributed by atoms with Gasteiger partial charge in [0.2, 0.25) is 16.0 Å². The lowest BCUT2D eigenvalue weighted by molar-refractivity contribution is 0.0620. The number of hydrogen-bond acceptors (Lipinski definition) is 8. The highest BCUT2D eigenvalue weighted by Gasteiger charge is 2.50. The van der Waals surface area contributed by atoms with E-state index in [9.17, 15) is 13.2 Å². The highest BCUT2D eigenvalue weighted by Crippen LogP contribution is 2.43. The molecule has 3 atom stereocenters. The highest BCUT2D eigenvalue weighted by molar-refractivity contribution is 7.89. The summed E-state index contributed by atoms with van der Waals surface area (Å²) in [6.45, 7) is 3.14. The van der Waals surface area contributed by atoms with Crippen molar-refractivity contribution >= 4 is 27.6 Å². The molecule has 2 aliphatic carbocycles. The van der Waals surface area contributed by atoms with Crippen molar-refractivity contribution in [1.29, 1.82) is 0 Å². The number of carbonyl (C=O) groups excluding carboxylic acids is 1. The quantitative estimate of drug-likeness (QED) is 0.537. The first-order chi connectivity index (χ1) is 17.2. The molecule has 6 rings (SSSR count). The summed E-state index contributed by atoms with van der Waals surface area (Å²) in [7, 11) is -1.93. The molecule has 12 heteroatoms. The molecule has 3 N–H and O–H groups in total. The number of fused-ring (bicyclic) bond motifs is 5. The van der Waals surface area contributed by atoms with Crippen LogP contribution in [-0.2, 0) is 28.4 Å². The smallest absolute Gasteiger partial charge is 0.263 e. The van der Waals surface area contributed by atoms with Gasteiger partial charge >= 0.3 is 0 Å². The van der Waals surface area contributed by atoms with Crippen LogP contribution in [0.2, 0.25) is 0 Å². The maximum Gasteiger partial charge on any atom is 0.263 e. The van der Waals surface area contributed by atoms with Gasteiger partial charge in [-0.3, -0.25) is 14.4 Å². The van der Waals surface area contributed by atoms with Gasteiger partial charge < -0.3 is 15.4 Å². The van der Waals surface area contributed by atoms with Crippen molar-refractivity contribution in [2.45, 2.75) is 67.8 Å². The molecule has 1 amide bonds. The second-order valence-electron chi connectivity index (χ2n) is 10.4. The summed E-state index contributed by atoms with van der Waals surface area (Å²) in [6.07, 6.45) is 6.75. The summed E-state index contributed by atoms with van der Waals surface area (Å²) in [5.41, 5.74) is 7.12. The van der Waals surface area contributed by atoms with Crippen molar-refractivity contribution in [2.75, 3.05) is 18.1 Å². The Labute approximate surface area is 210 Å². The van der Waals surface area contributed by atoms with Gasteiger partial charge in [0, 0.05) is 30.9 Å². The monoisotopic (exact) mass is 513 g/mol. The summed E-state index contributed by atoms with van der Waals surface area (Å²) >= 11 is 0. The maximum absolute atomic E-state index is 13.8. The summed E-state index contributed by atoms with van der Waals surface area (Å²) in [5, 5.41) is 4.23. The van der Waals surface area contributed by atoms with Crippen molar-refractivity contribution in [1.82, 2.24) is 19.4 Å². The number of rotatable bonds is 8. The third-order valence-electron chi connectivity index (χ3n) is 7.49. The molecule has 4 aliphatic rings. The van der Waals surface area contributed by atoms with Gasteiger partial charge in [0.1, 0.15) is 0 Å². The number of sulfonamides is 1. The molecule has 1 aromatic carbocycles. The molecule has 11 nitrogen and oxygen atoms in total. The molecule has 0 radical (unpaired) electrons. The minimum atomic E-state index is -3.76. The Morgan fingerprint density at radius 2 is 2.08 bits per heavy atom. The normalized spacial score (nSPS) is 26.0. The number of amides is 1. The molecule has 1 unspecified atom stereocenters. The van der Waals surface area contributed by atoms with E-state index >= 15 is 0 Å². The Balaban J connectivity index is 1.39. The van der Waals surface area contributed by atoms with E-state index in [-0.39, 0.29) is 29.0 Å². The van der Waals surface area contributed by atoms with E-state index < -0.39 is 15.6 Å². The predicted octanol–water partition coefficient (Wildman–Crippen LogP) is 0.958. The number of benzene rings is 1. The number of nitrogens with two attached hydrogens (primary N) is 1. The van der Waals surface area contributed by atoms with Crippen LogP contribution >= 0.6 is 0 Å². The van der Waals surface area contributed by atoms with Crippen LogP contribution in [0.3, 0.4) is 0 Å². The van der Waals surface area contributed by atoms with E-state index in [1.54, 1.807) is 27.9 Å². The standard InChI is InChI=1S/C24H31N7O4S/c1-24(5-6-24)28-36(33,34)17-3-4-20-18(11-17)22(32)30(14-15-12-26-29(2)13-15)23-27-19-9-16(35-8-7-25)10-21(19)31(20)23/h3-4,11-13,16,19,21,28H,5-10,14,25H2,1-2H3/t16?,19-,21+/m0/s1. The number of ether oxygens (including phenoxy) is 1. The maximum atomic E-state index is 13.8. The molecule has 0 spiro atoms. The van der Waals surface area contributed by atoms with E-state index in [4.69, 9.17) is 15.5 Å². The second kappa shape index (κ2) is 8.37. The summed E-state index contributed by atoms with van der Waals surface area (Å²) < 4.78 is 36.6. The number of aryl methyl sites for hydroxylation is 1. The zero-order chi connectivity index (χ0) is 25.2. The zero-order valence-corrected chi connectivity index (χ0v) is 21.2. The highest BCUT2D eigenvalue weighted by atomic mass is 32.2. The number of nitrogens with zero attached hydrogens (tertiary/aromatic N) is 5. The van der Waals surface area contributed by atoms with Gasteiger partial charge in [0.05, 0.1) is 53.7 Å². The summed E-state index contributed by atoms with van der Waals surface area (Å²) in [6, 6.07) is 4.84. The van der Waals surface area contributed by atoms with Crippen LogP contribution in [0.25, 0.3) is 0 Å². The molecular weight excluding hydrogens is 482 g/mol. The van der Waals surface area contributed by atoms with Gasteiger partial charge in [-0.25, -0.2) is 18.1 Å². The van der Waals surface area contributed by atoms with Crippen LogP contribution in [0.15, 0.2) is 40.5 Å². The topological polar surface area (TPSA) is 135 Å². The van der Waals surface area contributed by atoms with Crippen LogP contribution in [0, 0.1) is 0 Å². The average Bonchev–Trinajstić information content (AvgIpc) is 3.15. The fraction of sp³-hybridized carbons (Fsp3) is 0.542. The number of nitrogens with one attached hydrogen (secondary N) is 1. The minimum Gasteiger partial charge on any atom is -0.377 e. The van der Waals surface area contributed by atoms with Gasteiger partial charge in [-0.05, 0) is 50.8 Å². The lowest BCUT2D eigenvalue weighted by Gasteiger charge is -2.38. The molecule has 3 heterocycles. The zero-order valence-electron chi connectivity index (χ0n) is 20.4. The van der Waals surface area contributed by atoms with E-state index in [1.807, 2.05) is 20.2 Å². The number of aliphatic imine (C=N–C) groups is 1. The van der Waals surface area contributed by atoms with Gasteiger partial charge in [-0.15, -0.1) is 0 Å². The van der Waals surface area contributed by atoms with E-state index in [0.717, 1.165) is 31.2 Å². The van der Waals surface area contributed by atoms with Crippen molar-refractivity contribution in [3.05, 3.63) is 41.7 Å². The van der Waals surface area contributed by atoms with Crippen molar-refractivity contribution in [2.24, 2.45) is 17.8 Å². The lowest BCUT2D eigenvalue weighted by Crippen LogP contribution is -2.52. The number of anilines is 1. The lowest BCUT2D eigenvalue weighted by atomic mass is 10.0. The van der Waals surface area contributed by atoms with Crippen molar-refractivity contribution in [3.8, 4) is 0 Å². The van der Waals surface area contributed by atoms with E-state index in [2.05, 4.69) is 14.7 Å². The average molecular weight is 514 g/mol. The van der Waals surface area contributed by atoms with E-state index in [0.29, 0.717) is 36.9 Å². The van der Waals surface area contributed by atoms with Gasteiger partial charge in [0.15, 0.2) is 0 Å². The third kappa shape index (κ3) is 4.01. The molecule has 2 saturated carbocycles. The molecule has 0 saturated heterocycles. The summed E-state index contributed by atoms with van der Waals surface area (Å²) in [5.74, 6) is 0.331. The number of carbonyl (C=O) groups is 1. The summed E-state index contributed by atoms with van der Waals surface area (Å²) in [4.78, 5) is 22.6. The van der Waals surface area contributed by atoms with Crippen LogP contribution in [0.4, 0.5) is 5.69 Å². The third-order valence-corrected chi connectivity index (χ3v) is 9.12. The first-order valence-electron chi connectivity index (χ1n) is 12.3. The first-order valence-corrected chi connectivity index (χ1v) is 13.8. The number of aromatic nitrogens is 2. The largest absolute Gasteiger partial charge is 0.377 e. The molecule has 2 fully saturated rings. The van der Waals surface area contributed by atoms with Crippen LogP contribution in [-0.4, -0.2) is 71.8 Å². The van der Waals surface area contributed by atoms with Crippen LogP contribution < -0.4 is 15.4 Å². The Bertz CT molecular complexity index is 1350. The first kappa shape index (κ1) is 23.6. The molecule has 0 bridgehead atoms. The molecular formula is C24H31N7O4S. The van der Waals surface area contributed by atoms with Gasteiger partial charge in [-0.1, -0.05) is 0 Å². The molecule has 2 aliphatic heterocycles. The molecule has 2 aromatic rings. The Hall–Kier alpha value is -2.80. The van der Waals surface area contributed by atoms with Crippen LogP contribution in [0.5, 0.6) is 0 Å². The fourth-order valence-corrected chi connectivity index (χ4v) is 6.92. The molecule has 192 valence electrons. The molecule has 36 heavy (non-hydrogen) atoms. The van der Waals surface area contributed by atoms with Crippen molar-refractivity contribution in [3.63, 3.8) is 0 Å². The van der Waals surface area contributed by atoms with Gasteiger partial charge in [0.25, 0.3) is 5.91 Å². The number of guanidine groups is 1. The minimum absolute atomic E-state index is 0.0159. The SMILES string of the molecule is Cn1cc(CN2C(=O)c3cc(S(=O)(=O)NC4(C)CC4)ccc3N3C2=N[C@H]2CC(OCCN)C[C@H]23)cn1. The fourth-order valence-electron chi connectivity index (χ4n) is 5.43. The number of hydrogen-bond donors (Lipinski definition) is 2. The Morgan fingerprint density at radius 3 is 2.78 bits per heavy atom. The Kier molecular flexibility index (Phi) is 5.48. The van der Waals surface area contributed by atoms with Crippen molar-refractivity contribution < 1.29 is 17.9 Å². The predicted molar refractivity (Wildman–Crippen MR) is 133 cm³/mol. The Morgan fingerprint density at radius 1 is 1.28 bits per heavy atom. The van der Waals surface area contributed by atoms with E-state index in [1.165, 1.54) is 6.07 Å². The van der Waals surface area contributed by atoms with Crippen LogP contribution in [0.1, 0.15) is 48.5 Å². The second-order valence-corrected chi connectivity index (χ2v) is 12.1.